The minimum absolute atomic E-state index is 0.0939. The van der Waals surface area contributed by atoms with Gasteiger partial charge in [-0.15, -0.1) is 11.3 Å². The number of rotatable bonds is 6. The molecule has 7 heteroatoms. The Bertz CT molecular complexity index is 909. The maximum Gasteiger partial charge on any atom is 0.261 e. The Kier molecular flexibility index (Phi) is 6.36. The molecule has 2 amide bonds. The molecule has 0 unspecified atom stereocenters. The van der Waals surface area contributed by atoms with Gasteiger partial charge in [-0.05, 0) is 64.1 Å². The van der Waals surface area contributed by atoms with Crippen molar-refractivity contribution in [3.63, 3.8) is 0 Å². The zero-order chi connectivity index (χ0) is 19.2. The monoisotopic (exact) mass is 443 g/mol. The summed E-state index contributed by atoms with van der Waals surface area (Å²) in [6.45, 7) is 2.85. The highest BCUT2D eigenvalue weighted by atomic mass is 79.9. The summed E-state index contributed by atoms with van der Waals surface area (Å²) < 4.78 is 0.865. The van der Waals surface area contributed by atoms with Crippen molar-refractivity contribution in [3.8, 4) is 0 Å². The third-order valence-corrected chi connectivity index (χ3v) is 5.29. The molecular weight excluding hydrogens is 426 g/mol. The van der Waals surface area contributed by atoms with Crippen molar-refractivity contribution in [2.24, 2.45) is 0 Å². The molecule has 3 rings (SSSR count). The Morgan fingerprint density at radius 2 is 1.93 bits per heavy atom. The molecule has 138 valence electrons. The molecule has 0 bridgehead atoms. The van der Waals surface area contributed by atoms with E-state index in [0.29, 0.717) is 29.3 Å². The summed E-state index contributed by atoms with van der Waals surface area (Å²) in [6.07, 6.45) is 1.67. The molecule has 0 atom stereocenters. The lowest BCUT2D eigenvalue weighted by molar-refractivity contribution is 0.0952. The SMILES string of the molecule is CCN(C(=O)c1ccc(CNC(=O)c2cccs2)cc1)c1ccc(Br)cn1. The molecular formula is C20H18BrN3O2S. The summed E-state index contributed by atoms with van der Waals surface area (Å²) >= 11 is 4.75. The van der Waals surface area contributed by atoms with E-state index < -0.39 is 0 Å². The lowest BCUT2D eigenvalue weighted by Crippen LogP contribution is -2.31. The standard InChI is InChI=1S/C20H18BrN3O2S/c1-2-24(18-10-9-16(21)13-22-18)20(26)15-7-5-14(6-8-15)12-23-19(25)17-4-3-11-27-17/h3-11,13H,2,12H2,1H3,(H,23,25). The predicted octanol–water partition coefficient (Wildman–Crippen LogP) is 4.50. The van der Waals surface area contributed by atoms with Gasteiger partial charge in [0, 0.05) is 29.3 Å². The van der Waals surface area contributed by atoms with Crippen LogP contribution in [0.5, 0.6) is 0 Å². The van der Waals surface area contributed by atoms with Crippen molar-refractivity contribution in [1.29, 1.82) is 0 Å². The Morgan fingerprint density at radius 3 is 2.52 bits per heavy atom. The first-order valence-electron chi connectivity index (χ1n) is 8.42. The van der Waals surface area contributed by atoms with Crippen LogP contribution in [-0.2, 0) is 6.54 Å². The van der Waals surface area contributed by atoms with Gasteiger partial charge < -0.3 is 5.32 Å². The van der Waals surface area contributed by atoms with Gasteiger partial charge >= 0.3 is 0 Å². The van der Waals surface area contributed by atoms with Crippen molar-refractivity contribution in [2.75, 3.05) is 11.4 Å². The van der Waals surface area contributed by atoms with Crippen molar-refractivity contribution < 1.29 is 9.59 Å². The van der Waals surface area contributed by atoms with Gasteiger partial charge in [0.15, 0.2) is 0 Å². The molecule has 1 N–H and O–H groups in total. The molecule has 1 aromatic carbocycles. The topological polar surface area (TPSA) is 62.3 Å². The van der Waals surface area contributed by atoms with Crippen LogP contribution in [0.2, 0.25) is 0 Å². The highest BCUT2D eigenvalue weighted by molar-refractivity contribution is 9.10. The molecule has 2 heterocycles. The summed E-state index contributed by atoms with van der Waals surface area (Å²) in [5, 5.41) is 4.75. The predicted molar refractivity (Wildman–Crippen MR) is 111 cm³/mol. The van der Waals surface area contributed by atoms with Gasteiger partial charge in [-0.3, -0.25) is 14.5 Å². The van der Waals surface area contributed by atoms with E-state index in [1.165, 1.54) is 11.3 Å². The average molecular weight is 444 g/mol. The molecule has 2 aromatic heterocycles. The van der Waals surface area contributed by atoms with Crippen LogP contribution in [-0.4, -0.2) is 23.3 Å². The molecule has 5 nitrogen and oxygen atoms in total. The smallest absolute Gasteiger partial charge is 0.261 e. The van der Waals surface area contributed by atoms with Gasteiger partial charge in [0.05, 0.1) is 4.88 Å². The number of anilines is 1. The van der Waals surface area contributed by atoms with Crippen molar-refractivity contribution in [2.45, 2.75) is 13.5 Å². The number of nitrogens with one attached hydrogen (secondary N) is 1. The highest BCUT2D eigenvalue weighted by Gasteiger charge is 2.17. The first-order valence-corrected chi connectivity index (χ1v) is 10.1. The zero-order valence-electron chi connectivity index (χ0n) is 14.7. The van der Waals surface area contributed by atoms with Crippen molar-refractivity contribution in [1.82, 2.24) is 10.3 Å². The number of carbonyl (C=O) groups is 2. The van der Waals surface area contributed by atoms with Gasteiger partial charge in [0.1, 0.15) is 5.82 Å². The number of benzene rings is 1. The molecule has 0 aliphatic rings. The number of hydrogen-bond acceptors (Lipinski definition) is 4. The summed E-state index contributed by atoms with van der Waals surface area (Å²) in [6, 6.07) is 14.6. The number of amides is 2. The van der Waals surface area contributed by atoms with E-state index in [4.69, 9.17) is 0 Å². The second kappa shape index (κ2) is 8.92. The number of nitrogens with zero attached hydrogens (tertiary/aromatic N) is 2. The van der Waals surface area contributed by atoms with E-state index in [0.717, 1.165) is 10.0 Å². The molecule has 0 saturated carbocycles. The lowest BCUT2D eigenvalue weighted by Gasteiger charge is -2.20. The summed E-state index contributed by atoms with van der Waals surface area (Å²) in [7, 11) is 0. The third kappa shape index (κ3) is 4.81. The molecule has 27 heavy (non-hydrogen) atoms. The Hall–Kier alpha value is -2.51. The van der Waals surface area contributed by atoms with E-state index in [1.54, 1.807) is 35.4 Å². The number of hydrogen-bond donors (Lipinski definition) is 1. The van der Waals surface area contributed by atoms with Crippen LogP contribution in [0.3, 0.4) is 0 Å². The van der Waals surface area contributed by atoms with Crippen LogP contribution in [0.1, 0.15) is 32.5 Å². The average Bonchev–Trinajstić information content (AvgIpc) is 3.23. The van der Waals surface area contributed by atoms with Crippen LogP contribution in [0.15, 0.2) is 64.6 Å². The molecule has 3 aromatic rings. The fraction of sp³-hybridized carbons (Fsp3) is 0.150. The van der Waals surface area contributed by atoms with E-state index in [-0.39, 0.29) is 11.8 Å². The summed E-state index contributed by atoms with van der Waals surface area (Å²) in [5.74, 6) is 0.406. The van der Waals surface area contributed by atoms with Gasteiger partial charge in [-0.1, -0.05) is 18.2 Å². The summed E-state index contributed by atoms with van der Waals surface area (Å²) in [5.41, 5.74) is 1.51. The summed E-state index contributed by atoms with van der Waals surface area (Å²) in [4.78, 5) is 31.4. The number of pyridine rings is 1. The molecule has 0 saturated heterocycles. The number of thiophene rings is 1. The number of halogens is 1. The zero-order valence-corrected chi connectivity index (χ0v) is 17.1. The normalized spacial score (nSPS) is 10.4. The maximum atomic E-state index is 12.8. The Labute approximate surface area is 170 Å². The minimum Gasteiger partial charge on any atom is -0.347 e. The fourth-order valence-corrected chi connectivity index (χ4v) is 3.41. The van der Waals surface area contributed by atoms with Gasteiger partial charge in [0.25, 0.3) is 11.8 Å². The Balaban J connectivity index is 1.65. The van der Waals surface area contributed by atoms with E-state index >= 15 is 0 Å². The van der Waals surface area contributed by atoms with Crippen LogP contribution in [0, 0.1) is 0 Å². The molecule has 0 spiro atoms. The maximum absolute atomic E-state index is 12.8. The van der Waals surface area contributed by atoms with Crippen LogP contribution in [0.4, 0.5) is 5.82 Å². The molecule has 0 radical (unpaired) electrons. The third-order valence-electron chi connectivity index (χ3n) is 3.95. The van der Waals surface area contributed by atoms with Crippen molar-refractivity contribution in [3.05, 3.63) is 80.6 Å². The fourth-order valence-electron chi connectivity index (χ4n) is 2.54. The lowest BCUT2D eigenvalue weighted by atomic mass is 10.1. The Morgan fingerprint density at radius 1 is 1.15 bits per heavy atom. The highest BCUT2D eigenvalue weighted by Crippen LogP contribution is 2.18. The van der Waals surface area contributed by atoms with Crippen LogP contribution in [0.25, 0.3) is 0 Å². The van der Waals surface area contributed by atoms with Crippen molar-refractivity contribution >= 4 is 44.9 Å². The quantitative estimate of drug-likeness (QED) is 0.609. The van der Waals surface area contributed by atoms with Crippen LogP contribution >= 0.6 is 27.3 Å². The largest absolute Gasteiger partial charge is 0.347 e. The second-order valence-electron chi connectivity index (χ2n) is 5.74. The second-order valence-corrected chi connectivity index (χ2v) is 7.60. The number of aromatic nitrogens is 1. The number of carbonyl (C=O) groups excluding carboxylic acids is 2. The van der Waals surface area contributed by atoms with Crippen LogP contribution < -0.4 is 10.2 Å². The van der Waals surface area contributed by atoms with E-state index in [9.17, 15) is 9.59 Å². The van der Waals surface area contributed by atoms with E-state index in [1.807, 2.05) is 36.6 Å². The molecule has 0 fully saturated rings. The molecule has 0 aliphatic heterocycles. The van der Waals surface area contributed by atoms with Gasteiger partial charge in [0.2, 0.25) is 0 Å². The minimum atomic E-state index is -0.110. The van der Waals surface area contributed by atoms with E-state index in [2.05, 4.69) is 26.2 Å². The first kappa shape index (κ1) is 19.3. The molecule has 0 aliphatic carbocycles. The first-order chi connectivity index (χ1) is 13.1. The van der Waals surface area contributed by atoms with Gasteiger partial charge in [-0.2, -0.15) is 0 Å². The van der Waals surface area contributed by atoms with Gasteiger partial charge in [-0.25, -0.2) is 4.98 Å².